The molecule has 30 heteroatoms. The third kappa shape index (κ3) is 38.6. The van der Waals surface area contributed by atoms with E-state index in [1.807, 2.05) is 72.8 Å². The molecule has 0 aromatic rings. The number of carboxylic acids is 2. The van der Waals surface area contributed by atoms with Crippen molar-refractivity contribution in [1.29, 1.82) is 0 Å². The zero-order valence-corrected chi connectivity index (χ0v) is 73.8. The first kappa shape index (κ1) is 109. The molecule has 26 nitrogen and oxygen atoms in total. The molecule has 17 atom stereocenters. The van der Waals surface area contributed by atoms with E-state index < -0.39 is 37.3 Å². The zero-order valence-electron chi connectivity index (χ0n) is 73.8. The lowest BCUT2D eigenvalue weighted by Gasteiger charge is -2.41. The van der Waals surface area contributed by atoms with Crippen LogP contribution in [0.1, 0.15) is 287 Å². The van der Waals surface area contributed by atoms with Crippen molar-refractivity contribution in [3.8, 4) is 0 Å². The highest BCUT2D eigenvalue weighted by Gasteiger charge is 2.52. The topological polar surface area (TPSA) is 455 Å². The van der Waals surface area contributed by atoms with E-state index in [1.165, 1.54) is 20.5 Å². The van der Waals surface area contributed by atoms with Crippen LogP contribution in [0.2, 0.25) is 19.0 Å². The fraction of sp³-hybridized carbons (Fsp3) is 0.802. The number of hydrogen-bond acceptors (Lipinski definition) is 20. The molecule has 9 aliphatic rings. The number of nitrogens with one attached hydrogen (secondary N) is 2. The van der Waals surface area contributed by atoms with Crippen LogP contribution in [-0.4, -0.2) is 163 Å². The Morgan fingerprint density at radius 3 is 1.32 bits per heavy atom. The largest absolute Gasteiger partial charge is 0.488 e. The van der Waals surface area contributed by atoms with Gasteiger partial charge in [-0.2, -0.15) is 0 Å². The maximum atomic E-state index is 12.9. The van der Waals surface area contributed by atoms with Crippen molar-refractivity contribution in [2.24, 2.45) is 98.1 Å². The van der Waals surface area contributed by atoms with Gasteiger partial charge in [-0.15, -0.1) is 26.3 Å². The molecule has 2 heterocycles. The number of carbonyl (C=O) groups is 7. The average Bonchev–Trinajstić information content (AvgIpc) is 1.63. The molecule has 2 saturated heterocycles. The second-order valence-electron chi connectivity index (χ2n) is 39.7. The highest BCUT2D eigenvalue weighted by molar-refractivity contribution is 6.45. The van der Waals surface area contributed by atoms with Crippen molar-refractivity contribution in [3.63, 3.8) is 0 Å². The maximum absolute atomic E-state index is 12.9. The van der Waals surface area contributed by atoms with E-state index in [0.717, 1.165) is 70.5 Å². The molecule has 0 bridgehead atoms. The minimum atomic E-state index is -1.35. The first-order valence-corrected chi connectivity index (χ1v) is 42.0. The third-order valence-corrected chi connectivity index (χ3v) is 24.2. The number of nitrogens with two attached hydrogens (primary N) is 4. The summed E-state index contributed by atoms with van der Waals surface area (Å²) in [6.07, 6.45) is 29.5. The number of carboxylic acid groups (broad SMARTS) is 2. The van der Waals surface area contributed by atoms with Crippen LogP contribution in [0, 0.1) is 70.0 Å². The molecule has 659 valence electrons. The lowest BCUT2D eigenvalue weighted by Crippen LogP contribution is -2.56. The Morgan fingerprint density at radius 2 is 0.957 bits per heavy atom. The van der Waals surface area contributed by atoms with Gasteiger partial charge in [0.1, 0.15) is 22.6 Å². The number of amides is 2. The molecule has 17 unspecified atom stereocenters. The molecule has 0 aromatic heterocycles. The zero-order chi connectivity index (χ0) is 88.3. The van der Waals surface area contributed by atoms with Gasteiger partial charge in [0.05, 0.1) is 22.4 Å². The molecule has 7 aliphatic carbocycles. The quantitative estimate of drug-likeness (QED) is 0.0199. The Morgan fingerprint density at radius 1 is 0.560 bits per heavy atom. The van der Waals surface area contributed by atoms with E-state index in [-0.39, 0.29) is 144 Å². The van der Waals surface area contributed by atoms with E-state index >= 15 is 0 Å². The van der Waals surface area contributed by atoms with Gasteiger partial charge in [0.15, 0.2) is 5.78 Å². The SMILES string of the molecule is C.C=CC1CC(=O)CC(C)C1.C=CC1CC(=O)CC(N=[N+]=[N-])C1.C=CC1CC(C)CC(C)(C(=O)NC(C)(C)C)C1.C=CC1CC=CC(=O)C1.CC1(C)O[B]OC1(C)C.CC1CC(CCB2OC(C)(C)C(C)(C)O2)CC(C)(C(=O)NC(C)(C)C)C1.NC1CC(CCB(O)O)CC(N)(C(=O)O)C1.NC1CC(CCB(O)O)CC(N)(C(=O)O)C1. The van der Waals surface area contributed by atoms with E-state index in [9.17, 15) is 33.6 Å². The highest BCUT2D eigenvalue weighted by Crippen LogP contribution is 2.47. The smallest absolute Gasteiger partial charge is 0.480 e. The minimum Gasteiger partial charge on any atom is -0.480 e. The van der Waals surface area contributed by atoms with Crippen molar-refractivity contribution in [2.75, 3.05) is 0 Å². The number of nitrogens with zero attached hydrogens (tertiary/aromatic N) is 3. The molecule has 2 aliphatic heterocycles. The Hall–Kier alpha value is -5.32. The number of Topliss-reactive ketones (excluding diaryl/α,β-unsaturated/α-hetero) is 2. The van der Waals surface area contributed by atoms with Gasteiger partial charge in [-0.05, 0) is 283 Å². The van der Waals surface area contributed by atoms with E-state index in [0.29, 0.717) is 105 Å². The van der Waals surface area contributed by atoms with Crippen molar-refractivity contribution in [3.05, 3.63) is 73.2 Å². The fourth-order valence-electron chi connectivity index (χ4n) is 17.1. The van der Waals surface area contributed by atoms with Gasteiger partial charge in [-0.1, -0.05) is 96.8 Å². The molecule has 6 saturated carbocycles. The van der Waals surface area contributed by atoms with Crippen LogP contribution in [0.5, 0.6) is 0 Å². The van der Waals surface area contributed by atoms with Crippen LogP contribution in [0.4, 0.5) is 0 Å². The Kier molecular flexibility index (Phi) is 44.8. The molecule has 0 aromatic carbocycles. The van der Waals surface area contributed by atoms with Gasteiger partial charge in [-0.25, -0.2) is 0 Å². The summed E-state index contributed by atoms with van der Waals surface area (Å²) in [5.74, 6) is 3.06. The summed E-state index contributed by atoms with van der Waals surface area (Å²) >= 11 is 0. The lowest BCUT2D eigenvalue weighted by atomic mass is 9.63. The van der Waals surface area contributed by atoms with Crippen LogP contribution in [0.25, 0.3) is 10.4 Å². The maximum Gasteiger partial charge on any atom is 0.488 e. The highest BCUT2D eigenvalue weighted by atomic mass is 16.7. The van der Waals surface area contributed by atoms with Crippen LogP contribution >= 0.6 is 0 Å². The van der Waals surface area contributed by atoms with Crippen molar-refractivity contribution >= 4 is 70.1 Å². The summed E-state index contributed by atoms with van der Waals surface area (Å²) in [7, 11) is -1.42. The lowest BCUT2D eigenvalue weighted by molar-refractivity contribution is -0.146. The summed E-state index contributed by atoms with van der Waals surface area (Å²) in [5.41, 5.74) is 27.0. The van der Waals surface area contributed by atoms with Gasteiger partial charge in [0, 0.05) is 77.0 Å². The number of carbonyl (C=O) groups excluding carboxylic acids is 5. The number of rotatable bonds is 18. The summed E-state index contributed by atoms with van der Waals surface area (Å²) < 4.78 is 22.7. The number of allylic oxidation sites excluding steroid dienone is 6. The monoisotopic (exact) mass is 1630 g/mol. The van der Waals surface area contributed by atoms with Gasteiger partial charge in [-0.3, -0.25) is 33.6 Å². The predicted octanol–water partition coefficient (Wildman–Crippen LogP) is 13.7. The molecular formula is C86H156B4N9O17. The molecule has 8 fully saturated rings. The van der Waals surface area contributed by atoms with E-state index in [4.69, 9.17) is 77.4 Å². The van der Waals surface area contributed by atoms with Crippen molar-refractivity contribution in [2.45, 2.75) is 368 Å². The average molecular weight is 1630 g/mol. The number of aliphatic carboxylic acids is 2. The summed E-state index contributed by atoms with van der Waals surface area (Å²) in [6.45, 7) is 54.4. The van der Waals surface area contributed by atoms with Crippen LogP contribution < -0.4 is 33.6 Å². The van der Waals surface area contributed by atoms with Crippen molar-refractivity contribution < 1.29 is 82.5 Å². The summed E-state index contributed by atoms with van der Waals surface area (Å²) in [6, 6.07) is -0.606. The first-order valence-electron chi connectivity index (χ1n) is 42.0. The van der Waals surface area contributed by atoms with Gasteiger partial charge < -0.3 is 82.5 Å². The summed E-state index contributed by atoms with van der Waals surface area (Å²) in [5, 5.41) is 63.0. The number of hydrogen-bond donors (Lipinski definition) is 12. The second kappa shape index (κ2) is 47.8. The van der Waals surface area contributed by atoms with Gasteiger partial charge in [0.25, 0.3) is 0 Å². The summed E-state index contributed by atoms with van der Waals surface area (Å²) in [4.78, 5) is 82.8. The molecule has 0 spiro atoms. The van der Waals surface area contributed by atoms with E-state index in [2.05, 4.69) is 130 Å². The molecule has 2 amide bonds. The second-order valence-corrected chi connectivity index (χ2v) is 39.7. The predicted molar refractivity (Wildman–Crippen MR) is 467 cm³/mol. The Labute approximate surface area is 699 Å². The molecule has 16 N–H and O–H groups in total. The molecule has 1 radical (unpaired) electrons. The van der Waals surface area contributed by atoms with E-state index in [1.54, 1.807) is 12.2 Å². The van der Waals surface area contributed by atoms with Gasteiger partial charge in [0.2, 0.25) is 11.8 Å². The minimum absolute atomic E-state index is 0. The molecule has 9 rings (SSSR count). The number of azide groups is 1. The normalized spacial score (nSPS) is 32.5. The third-order valence-electron chi connectivity index (χ3n) is 24.2. The fourth-order valence-corrected chi connectivity index (χ4v) is 17.1. The van der Waals surface area contributed by atoms with Gasteiger partial charge >= 0.3 is 41.0 Å². The van der Waals surface area contributed by atoms with Crippen molar-refractivity contribution in [1.82, 2.24) is 10.6 Å². The molecular weight excluding hydrogens is 1470 g/mol. The Balaban J connectivity index is 0.000000678. The van der Waals surface area contributed by atoms with Crippen LogP contribution in [0.3, 0.4) is 0 Å². The first-order chi connectivity index (χ1) is 52.7. The number of ketones is 3. The standard InChI is InChI=1S/C21H40BNO3.C15H27NO.2C9H19BN2O4.C9H14O.C8H11N3O.C8H10O.C6H12BO2.CH4/c1-15-12-16(10-11-22-25-19(5,6)20(7,8)26-22)14-21(9,13-15)17(24)23-18(2,3)4;1-7-12-8-11(2)9-15(6,10-12)13(17)16-14(3,4)5;2*11-7-3-6(1-2-10(15)16)4-9(12,5-7)8(13)14;1-3-8-4-7(2)5-9(10)6-8;1-2-6-3-7(10-11-9)5-8(12)4-6;1-2-7-4-3-5-8(9)6-7;1-5(2)6(3,4)9-7-8-5;/h15-16H,10-14H2,1-9H3,(H,23,24);7,11-12H,1,8-10H2,2-6H3,(H,16,17);2*6-7,15-16H,1-5,11-12H2,(H,13,14);3,7-8H,1,4-6H2,2H3;2,6-7H,1,3-5H2;2-3,5,7H,1,4,6H2;1-4H3;1H4. The molecule has 116 heavy (non-hydrogen) atoms. The van der Waals surface area contributed by atoms with Crippen LogP contribution in [-0.2, 0) is 52.2 Å². The van der Waals surface area contributed by atoms with Crippen LogP contribution in [0.15, 0.2) is 67.9 Å². The Bertz CT molecular complexity index is 3170.